The van der Waals surface area contributed by atoms with E-state index in [1.54, 1.807) is 4.90 Å². The van der Waals surface area contributed by atoms with Gasteiger partial charge < -0.3 is 4.90 Å². The highest BCUT2D eigenvalue weighted by molar-refractivity contribution is 5.94. The van der Waals surface area contributed by atoms with Gasteiger partial charge in [0.1, 0.15) is 11.6 Å². The molecule has 0 saturated carbocycles. The fourth-order valence-electron chi connectivity index (χ4n) is 4.67. The van der Waals surface area contributed by atoms with Crippen molar-refractivity contribution in [2.75, 3.05) is 26.7 Å². The molecule has 2 saturated heterocycles. The molecule has 0 bridgehead atoms. The van der Waals surface area contributed by atoms with Crippen LogP contribution in [0.3, 0.4) is 0 Å². The molecule has 2 aromatic rings. The van der Waals surface area contributed by atoms with Crippen molar-refractivity contribution in [2.24, 2.45) is 11.8 Å². The Morgan fingerprint density at radius 1 is 1.04 bits per heavy atom. The first kappa shape index (κ1) is 19.8. The van der Waals surface area contributed by atoms with Crippen LogP contribution in [0.4, 0.5) is 8.78 Å². The minimum atomic E-state index is -0.717. The van der Waals surface area contributed by atoms with Crippen molar-refractivity contribution in [3.8, 4) is 0 Å². The summed E-state index contributed by atoms with van der Waals surface area (Å²) < 4.78 is 26.9. The number of benzene rings is 2. The Kier molecular flexibility index (Phi) is 5.54. The average molecular weight is 393 g/mol. The van der Waals surface area contributed by atoms with E-state index in [4.69, 9.17) is 0 Å². The second-order valence-electron chi connectivity index (χ2n) is 7.53. The van der Waals surface area contributed by atoms with Crippen molar-refractivity contribution < 1.29 is 13.6 Å². The summed E-state index contributed by atoms with van der Waals surface area (Å²) >= 11 is 0. The maximum Gasteiger partial charge on any atom is 0.254 e. The second-order valence-corrected chi connectivity index (χ2v) is 7.53. The fourth-order valence-corrected chi connectivity index (χ4v) is 4.67. The smallest absolute Gasteiger partial charge is 0.254 e. The predicted octanol–water partition coefficient (Wildman–Crippen LogP) is 4.07. The molecule has 4 rings (SSSR count). The number of carbonyl (C=O) groups is 1. The van der Waals surface area contributed by atoms with Gasteiger partial charge in [0.15, 0.2) is 0 Å². The summed E-state index contributed by atoms with van der Waals surface area (Å²) in [4.78, 5) is 16.9. The number of carbonyl (C=O) groups excluding carboxylic acids is 1. The SMILES string of the molecule is Cc1ccccc1[C@@H]1[C@@H]2CN(C(=O)c3cc(F)cc(F)c3)C[C@@H]2CN1C.Cl. The van der Waals surface area contributed by atoms with E-state index in [0.717, 1.165) is 24.7 Å². The van der Waals surface area contributed by atoms with Crippen molar-refractivity contribution in [1.29, 1.82) is 0 Å². The summed E-state index contributed by atoms with van der Waals surface area (Å²) in [6, 6.07) is 11.6. The van der Waals surface area contributed by atoms with Crippen molar-refractivity contribution in [2.45, 2.75) is 13.0 Å². The van der Waals surface area contributed by atoms with Gasteiger partial charge >= 0.3 is 0 Å². The summed E-state index contributed by atoms with van der Waals surface area (Å²) in [6.45, 7) is 4.29. The third kappa shape index (κ3) is 3.58. The van der Waals surface area contributed by atoms with Crippen LogP contribution >= 0.6 is 12.4 Å². The van der Waals surface area contributed by atoms with Gasteiger partial charge in [-0.2, -0.15) is 0 Å². The Hall–Kier alpha value is -1.98. The number of rotatable bonds is 2. The second kappa shape index (κ2) is 7.56. The van der Waals surface area contributed by atoms with Crippen LogP contribution in [0, 0.1) is 30.4 Å². The van der Waals surface area contributed by atoms with E-state index in [-0.39, 0.29) is 29.9 Å². The number of likely N-dealkylation sites (tertiary alicyclic amines) is 2. The van der Waals surface area contributed by atoms with Crippen molar-refractivity contribution in [1.82, 2.24) is 9.80 Å². The van der Waals surface area contributed by atoms with E-state index in [1.165, 1.54) is 11.1 Å². The monoisotopic (exact) mass is 392 g/mol. The average Bonchev–Trinajstić information content (AvgIpc) is 3.11. The summed E-state index contributed by atoms with van der Waals surface area (Å²) in [5.41, 5.74) is 2.64. The van der Waals surface area contributed by atoms with Gasteiger partial charge in [0, 0.05) is 43.2 Å². The first-order valence-corrected chi connectivity index (χ1v) is 8.95. The normalized spacial score (nSPS) is 24.6. The molecule has 2 aromatic carbocycles. The zero-order valence-electron chi connectivity index (χ0n) is 15.4. The van der Waals surface area contributed by atoms with E-state index >= 15 is 0 Å². The Balaban J connectivity index is 0.00000210. The topological polar surface area (TPSA) is 23.6 Å². The Morgan fingerprint density at radius 3 is 2.37 bits per heavy atom. The number of nitrogens with zero attached hydrogens (tertiary/aromatic N) is 2. The van der Waals surface area contributed by atoms with Crippen LogP contribution in [0.1, 0.15) is 27.5 Å². The quantitative estimate of drug-likeness (QED) is 0.769. The third-order valence-electron chi connectivity index (χ3n) is 5.80. The predicted molar refractivity (Wildman–Crippen MR) is 103 cm³/mol. The van der Waals surface area contributed by atoms with E-state index in [9.17, 15) is 13.6 Å². The van der Waals surface area contributed by atoms with Crippen LogP contribution in [-0.4, -0.2) is 42.4 Å². The Bertz CT molecular complexity index is 840. The third-order valence-corrected chi connectivity index (χ3v) is 5.80. The first-order valence-electron chi connectivity index (χ1n) is 8.95. The lowest BCUT2D eigenvalue weighted by atomic mass is 9.88. The zero-order chi connectivity index (χ0) is 18.4. The molecule has 0 aromatic heterocycles. The number of fused-ring (bicyclic) bond motifs is 1. The first-order chi connectivity index (χ1) is 12.4. The lowest BCUT2D eigenvalue weighted by Gasteiger charge is -2.28. The van der Waals surface area contributed by atoms with E-state index in [2.05, 4.69) is 37.1 Å². The van der Waals surface area contributed by atoms with E-state index in [1.807, 2.05) is 6.07 Å². The molecule has 0 aliphatic carbocycles. The lowest BCUT2D eigenvalue weighted by molar-refractivity contribution is 0.0766. The van der Waals surface area contributed by atoms with E-state index in [0.29, 0.717) is 24.9 Å². The van der Waals surface area contributed by atoms with Gasteiger partial charge in [0.05, 0.1) is 0 Å². The van der Waals surface area contributed by atoms with Crippen molar-refractivity contribution in [3.63, 3.8) is 0 Å². The van der Waals surface area contributed by atoms with Gasteiger partial charge in [-0.25, -0.2) is 8.78 Å². The van der Waals surface area contributed by atoms with Crippen molar-refractivity contribution >= 4 is 18.3 Å². The molecule has 0 unspecified atom stereocenters. The van der Waals surface area contributed by atoms with E-state index < -0.39 is 11.6 Å². The van der Waals surface area contributed by atoms with Gasteiger partial charge in [0.2, 0.25) is 0 Å². The fraction of sp³-hybridized carbons (Fsp3) is 0.381. The molecular weight excluding hydrogens is 370 g/mol. The number of halogens is 3. The molecule has 3 nitrogen and oxygen atoms in total. The van der Waals surface area contributed by atoms with Gasteiger partial charge in [0.25, 0.3) is 5.91 Å². The summed E-state index contributed by atoms with van der Waals surface area (Å²) in [6.07, 6.45) is 0. The molecular formula is C21H23ClF2N2O. The van der Waals surface area contributed by atoms with Gasteiger partial charge in [-0.1, -0.05) is 24.3 Å². The Morgan fingerprint density at radius 2 is 1.70 bits per heavy atom. The highest BCUT2D eigenvalue weighted by atomic mass is 35.5. The van der Waals surface area contributed by atoms with Crippen LogP contribution in [-0.2, 0) is 0 Å². The lowest BCUT2D eigenvalue weighted by Crippen LogP contribution is -2.33. The number of hydrogen-bond acceptors (Lipinski definition) is 2. The van der Waals surface area contributed by atoms with Crippen LogP contribution in [0.25, 0.3) is 0 Å². The molecule has 144 valence electrons. The molecule has 1 amide bonds. The number of aryl methyl sites for hydroxylation is 1. The van der Waals surface area contributed by atoms with Crippen LogP contribution < -0.4 is 0 Å². The van der Waals surface area contributed by atoms with Crippen LogP contribution in [0.2, 0.25) is 0 Å². The van der Waals surface area contributed by atoms with Crippen LogP contribution in [0.5, 0.6) is 0 Å². The van der Waals surface area contributed by atoms with Crippen molar-refractivity contribution in [3.05, 3.63) is 70.8 Å². The minimum absolute atomic E-state index is 0. The number of hydrogen-bond donors (Lipinski definition) is 0. The highest BCUT2D eigenvalue weighted by Gasteiger charge is 2.47. The molecule has 2 aliphatic heterocycles. The molecule has 2 aliphatic rings. The standard InChI is InChI=1S/C21H22F2N2O.ClH/c1-13-5-3-4-6-18(13)20-19-12-25(11-15(19)10-24(20)2)21(26)14-7-16(22)9-17(23)8-14;/h3-9,15,19-20H,10-12H2,1-2H3;1H/t15-,19+,20+;/m0./s1. The highest BCUT2D eigenvalue weighted by Crippen LogP contribution is 2.45. The molecule has 3 atom stereocenters. The molecule has 2 fully saturated rings. The van der Waals surface area contributed by atoms with Gasteiger partial charge in [-0.15, -0.1) is 12.4 Å². The molecule has 0 spiro atoms. The molecule has 6 heteroatoms. The van der Waals surface area contributed by atoms with Crippen LogP contribution in [0.15, 0.2) is 42.5 Å². The molecule has 0 radical (unpaired) electrons. The maximum absolute atomic E-state index is 13.5. The van der Waals surface area contributed by atoms with Gasteiger partial charge in [-0.05, 0) is 43.1 Å². The van der Waals surface area contributed by atoms with Gasteiger partial charge in [-0.3, -0.25) is 9.69 Å². The summed E-state index contributed by atoms with van der Waals surface area (Å²) in [7, 11) is 2.13. The molecule has 27 heavy (non-hydrogen) atoms. The summed E-state index contributed by atoms with van der Waals surface area (Å²) in [5.74, 6) is -1.00. The molecule has 0 N–H and O–H groups in total. The molecule has 2 heterocycles. The Labute approximate surface area is 164 Å². The minimum Gasteiger partial charge on any atom is -0.338 e. The number of amides is 1. The largest absolute Gasteiger partial charge is 0.338 e. The maximum atomic E-state index is 13.5. The summed E-state index contributed by atoms with van der Waals surface area (Å²) in [5, 5.41) is 0. The zero-order valence-corrected chi connectivity index (χ0v) is 16.2.